The molecule has 120 valence electrons. The maximum Gasteiger partial charge on any atom is 0.416 e. The van der Waals surface area contributed by atoms with Crippen LogP contribution in [0.3, 0.4) is 0 Å². The van der Waals surface area contributed by atoms with E-state index in [1.165, 1.54) is 12.4 Å². The standard InChI is InChI=1S/C16H10F3N5/c17-16(18,19)10-4-3-5-11(8-10)21-15-22-13-7-2-1-6-12(13)14-23-20-9-24(14)15/h1-9H,(H,21,22). The molecule has 2 aromatic carbocycles. The van der Waals surface area contributed by atoms with Gasteiger partial charge in [-0.15, -0.1) is 10.2 Å². The molecule has 0 fully saturated rings. The number of para-hydroxylation sites is 1. The second kappa shape index (κ2) is 5.19. The summed E-state index contributed by atoms with van der Waals surface area (Å²) in [4.78, 5) is 4.45. The van der Waals surface area contributed by atoms with E-state index in [0.29, 0.717) is 17.1 Å². The predicted octanol–water partition coefficient (Wildman–Crippen LogP) is 4.04. The number of rotatable bonds is 2. The number of anilines is 2. The van der Waals surface area contributed by atoms with E-state index in [4.69, 9.17) is 0 Å². The lowest BCUT2D eigenvalue weighted by molar-refractivity contribution is -0.137. The maximum absolute atomic E-state index is 12.8. The first-order valence-electron chi connectivity index (χ1n) is 7.05. The van der Waals surface area contributed by atoms with Gasteiger partial charge in [0.1, 0.15) is 6.33 Å². The van der Waals surface area contributed by atoms with E-state index in [-0.39, 0.29) is 5.69 Å². The lowest BCUT2D eigenvalue weighted by Gasteiger charge is -2.12. The minimum absolute atomic E-state index is 0.280. The third kappa shape index (κ3) is 2.41. The van der Waals surface area contributed by atoms with Crippen molar-refractivity contribution in [2.24, 2.45) is 0 Å². The molecule has 0 saturated carbocycles. The number of hydrogen-bond donors (Lipinski definition) is 1. The molecule has 0 aliphatic rings. The molecule has 0 radical (unpaired) electrons. The summed E-state index contributed by atoms with van der Waals surface area (Å²) in [5, 5.41) is 11.6. The number of nitrogens with zero attached hydrogens (tertiary/aromatic N) is 4. The topological polar surface area (TPSA) is 55.1 Å². The van der Waals surface area contributed by atoms with E-state index in [0.717, 1.165) is 17.5 Å². The number of alkyl halides is 3. The quantitative estimate of drug-likeness (QED) is 0.603. The summed E-state index contributed by atoms with van der Waals surface area (Å²) in [6, 6.07) is 12.3. The van der Waals surface area contributed by atoms with Crippen molar-refractivity contribution >= 4 is 28.2 Å². The number of halogens is 3. The summed E-state index contributed by atoms with van der Waals surface area (Å²) in [6.07, 6.45) is -2.94. The van der Waals surface area contributed by atoms with Gasteiger partial charge in [0, 0.05) is 11.1 Å². The van der Waals surface area contributed by atoms with Gasteiger partial charge in [0.2, 0.25) is 5.95 Å². The molecule has 0 bridgehead atoms. The zero-order valence-corrected chi connectivity index (χ0v) is 12.1. The molecule has 0 unspecified atom stereocenters. The molecule has 4 rings (SSSR count). The van der Waals surface area contributed by atoms with Crippen LogP contribution in [0.25, 0.3) is 16.6 Å². The van der Waals surface area contributed by atoms with Crippen LogP contribution in [0.5, 0.6) is 0 Å². The van der Waals surface area contributed by atoms with Crippen molar-refractivity contribution in [3.8, 4) is 0 Å². The molecule has 0 atom stereocenters. The molecule has 1 N–H and O–H groups in total. The Labute approximate surface area is 133 Å². The second-order valence-electron chi connectivity index (χ2n) is 5.18. The van der Waals surface area contributed by atoms with E-state index >= 15 is 0 Å². The average molecular weight is 329 g/mol. The molecule has 0 amide bonds. The van der Waals surface area contributed by atoms with E-state index < -0.39 is 11.7 Å². The largest absolute Gasteiger partial charge is 0.416 e. The van der Waals surface area contributed by atoms with Gasteiger partial charge >= 0.3 is 6.18 Å². The summed E-state index contributed by atoms with van der Waals surface area (Å²) < 4.78 is 40.1. The predicted molar refractivity (Wildman–Crippen MR) is 83.0 cm³/mol. The Morgan fingerprint density at radius 1 is 1.00 bits per heavy atom. The molecular formula is C16H10F3N5. The van der Waals surface area contributed by atoms with Crippen LogP contribution in [0, 0.1) is 0 Å². The third-order valence-corrected chi connectivity index (χ3v) is 3.59. The Bertz CT molecular complexity index is 1040. The van der Waals surface area contributed by atoms with Crippen LogP contribution in [0.1, 0.15) is 5.56 Å². The van der Waals surface area contributed by atoms with Crippen LogP contribution in [-0.2, 0) is 6.18 Å². The van der Waals surface area contributed by atoms with Gasteiger partial charge in [0.15, 0.2) is 5.65 Å². The van der Waals surface area contributed by atoms with Crippen LogP contribution in [-0.4, -0.2) is 19.6 Å². The molecule has 8 heteroatoms. The van der Waals surface area contributed by atoms with Crippen molar-refractivity contribution in [3.05, 3.63) is 60.4 Å². The van der Waals surface area contributed by atoms with Crippen molar-refractivity contribution in [2.45, 2.75) is 6.18 Å². The summed E-state index contributed by atoms with van der Waals surface area (Å²) >= 11 is 0. The molecule has 0 aliphatic heterocycles. The Hall–Kier alpha value is -3.16. The highest BCUT2D eigenvalue weighted by atomic mass is 19.4. The fourth-order valence-corrected chi connectivity index (χ4v) is 2.49. The van der Waals surface area contributed by atoms with E-state index in [1.807, 2.05) is 18.2 Å². The third-order valence-electron chi connectivity index (χ3n) is 3.59. The minimum Gasteiger partial charge on any atom is -0.325 e. The van der Waals surface area contributed by atoms with Crippen LogP contribution in [0.4, 0.5) is 24.8 Å². The van der Waals surface area contributed by atoms with Crippen LogP contribution < -0.4 is 5.32 Å². The average Bonchev–Trinajstić information content (AvgIpc) is 3.05. The van der Waals surface area contributed by atoms with Crippen LogP contribution in [0.2, 0.25) is 0 Å². The highest BCUT2D eigenvalue weighted by Crippen LogP contribution is 2.31. The molecule has 0 saturated heterocycles. The summed E-state index contributed by atoms with van der Waals surface area (Å²) in [7, 11) is 0. The van der Waals surface area contributed by atoms with Gasteiger partial charge in [0.25, 0.3) is 0 Å². The first-order valence-corrected chi connectivity index (χ1v) is 7.05. The highest BCUT2D eigenvalue weighted by molar-refractivity contribution is 5.92. The van der Waals surface area contributed by atoms with Gasteiger partial charge in [-0.1, -0.05) is 18.2 Å². The fraction of sp³-hybridized carbons (Fsp3) is 0.0625. The van der Waals surface area contributed by atoms with E-state index in [1.54, 1.807) is 16.5 Å². The lowest BCUT2D eigenvalue weighted by atomic mass is 10.2. The van der Waals surface area contributed by atoms with Crippen molar-refractivity contribution in [1.82, 2.24) is 19.6 Å². The summed E-state index contributed by atoms with van der Waals surface area (Å²) in [5.41, 5.74) is 0.804. The molecule has 4 aromatic rings. The summed E-state index contributed by atoms with van der Waals surface area (Å²) in [5.74, 6) is 0.341. The monoisotopic (exact) mass is 329 g/mol. The number of hydrogen-bond acceptors (Lipinski definition) is 4. The van der Waals surface area contributed by atoms with Crippen molar-refractivity contribution in [3.63, 3.8) is 0 Å². The van der Waals surface area contributed by atoms with Gasteiger partial charge in [0.05, 0.1) is 11.1 Å². The molecule has 24 heavy (non-hydrogen) atoms. The number of fused-ring (bicyclic) bond motifs is 3. The zero-order valence-electron chi connectivity index (χ0n) is 12.1. The van der Waals surface area contributed by atoms with Gasteiger partial charge in [-0.05, 0) is 30.3 Å². The molecular weight excluding hydrogens is 319 g/mol. The first kappa shape index (κ1) is 14.4. The van der Waals surface area contributed by atoms with E-state index in [9.17, 15) is 13.2 Å². The van der Waals surface area contributed by atoms with Gasteiger partial charge < -0.3 is 5.32 Å². The summed E-state index contributed by atoms with van der Waals surface area (Å²) in [6.45, 7) is 0. The highest BCUT2D eigenvalue weighted by Gasteiger charge is 2.30. The Morgan fingerprint density at radius 2 is 1.83 bits per heavy atom. The molecule has 0 spiro atoms. The van der Waals surface area contributed by atoms with Gasteiger partial charge in [-0.2, -0.15) is 13.2 Å². The smallest absolute Gasteiger partial charge is 0.325 e. The van der Waals surface area contributed by atoms with E-state index in [2.05, 4.69) is 20.5 Å². The normalized spacial score (nSPS) is 12.0. The van der Waals surface area contributed by atoms with Crippen molar-refractivity contribution in [1.29, 1.82) is 0 Å². The zero-order chi connectivity index (χ0) is 16.7. The molecule has 2 heterocycles. The van der Waals surface area contributed by atoms with Crippen molar-refractivity contribution < 1.29 is 13.2 Å². The number of aromatic nitrogens is 4. The number of nitrogens with one attached hydrogen (secondary N) is 1. The lowest BCUT2D eigenvalue weighted by Crippen LogP contribution is -2.06. The molecule has 5 nitrogen and oxygen atoms in total. The Kier molecular flexibility index (Phi) is 3.12. The second-order valence-corrected chi connectivity index (χ2v) is 5.18. The minimum atomic E-state index is -4.40. The van der Waals surface area contributed by atoms with Crippen LogP contribution >= 0.6 is 0 Å². The number of benzene rings is 2. The van der Waals surface area contributed by atoms with Gasteiger partial charge in [-0.25, -0.2) is 4.98 Å². The Balaban J connectivity index is 1.83. The molecule has 0 aliphatic carbocycles. The first-order chi connectivity index (χ1) is 11.5. The molecule has 2 aromatic heterocycles. The van der Waals surface area contributed by atoms with Gasteiger partial charge in [-0.3, -0.25) is 4.40 Å². The SMILES string of the molecule is FC(F)(F)c1cccc(Nc2nc3ccccc3c3nncn23)c1. The maximum atomic E-state index is 12.8. The van der Waals surface area contributed by atoms with Crippen LogP contribution in [0.15, 0.2) is 54.9 Å². The fourth-order valence-electron chi connectivity index (χ4n) is 2.49. The Morgan fingerprint density at radius 3 is 2.67 bits per heavy atom. The van der Waals surface area contributed by atoms with Crippen molar-refractivity contribution in [2.75, 3.05) is 5.32 Å².